The van der Waals surface area contributed by atoms with Crippen LogP contribution in [0.4, 0.5) is 0 Å². The molecule has 0 heterocycles. The SMILES string of the molecule is C/C=C/COC(=O)C(C)Oc1ccccc1C#N. The Labute approximate surface area is 106 Å². The molecule has 0 bridgehead atoms. The largest absolute Gasteiger partial charge is 0.478 e. The molecule has 4 nitrogen and oxygen atoms in total. The number of para-hydroxylation sites is 1. The van der Waals surface area contributed by atoms with Crippen LogP contribution in [0.1, 0.15) is 19.4 Å². The summed E-state index contributed by atoms with van der Waals surface area (Å²) in [6.45, 7) is 3.66. The van der Waals surface area contributed by atoms with Gasteiger partial charge in [-0.3, -0.25) is 0 Å². The van der Waals surface area contributed by atoms with Gasteiger partial charge in [0.1, 0.15) is 18.4 Å². The summed E-state index contributed by atoms with van der Waals surface area (Å²) in [5.41, 5.74) is 0.394. The average Bonchev–Trinajstić information content (AvgIpc) is 2.39. The smallest absolute Gasteiger partial charge is 0.347 e. The maximum Gasteiger partial charge on any atom is 0.347 e. The van der Waals surface area contributed by atoms with E-state index in [2.05, 4.69) is 0 Å². The molecule has 0 saturated heterocycles. The molecule has 0 spiro atoms. The van der Waals surface area contributed by atoms with Gasteiger partial charge in [0.05, 0.1) is 5.56 Å². The van der Waals surface area contributed by atoms with Gasteiger partial charge in [-0.15, -0.1) is 0 Å². The number of hydrogen-bond acceptors (Lipinski definition) is 4. The van der Waals surface area contributed by atoms with Gasteiger partial charge in [-0.1, -0.05) is 24.3 Å². The number of allylic oxidation sites excluding steroid dienone is 1. The van der Waals surface area contributed by atoms with Crippen LogP contribution in [0, 0.1) is 11.3 Å². The van der Waals surface area contributed by atoms with Crippen LogP contribution < -0.4 is 4.74 Å². The van der Waals surface area contributed by atoms with Crippen molar-refractivity contribution in [3.63, 3.8) is 0 Å². The quantitative estimate of drug-likeness (QED) is 0.590. The third-order valence-corrected chi connectivity index (χ3v) is 2.20. The predicted molar refractivity (Wildman–Crippen MR) is 67.0 cm³/mol. The van der Waals surface area contributed by atoms with E-state index in [1.807, 2.05) is 13.0 Å². The van der Waals surface area contributed by atoms with Gasteiger partial charge in [-0.2, -0.15) is 5.26 Å². The number of benzene rings is 1. The van der Waals surface area contributed by atoms with Crippen molar-refractivity contribution >= 4 is 5.97 Å². The minimum atomic E-state index is -0.746. The van der Waals surface area contributed by atoms with Crippen molar-refractivity contribution in [2.75, 3.05) is 6.61 Å². The molecular weight excluding hydrogens is 230 g/mol. The lowest BCUT2D eigenvalue weighted by molar-refractivity contribution is -0.149. The Kier molecular flexibility index (Phi) is 5.46. The Bertz CT molecular complexity index is 474. The Balaban J connectivity index is 2.61. The highest BCUT2D eigenvalue weighted by molar-refractivity contribution is 5.74. The third kappa shape index (κ3) is 3.95. The first kappa shape index (κ1) is 13.8. The van der Waals surface area contributed by atoms with Gasteiger partial charge < -0.3 is 9.47 Å². The summed E-state index contributed by atoms with van der Waals surface area (Å²) in [6, 6.07) is 8.76. The molecule has 0 radical (unpaired) electrons. The molecule has 0 saturated carbocycles. The zero-order valence-electron chi connectivity index (χ0n) is 10.4. The van der Waals surface area contributed by atoms with Crippen LogP contribution in [-0.4, -0.2) is 18.7 Å². The molecule has 1 atom stereocenters. The highest BCUT2D eigenvalue weighted by atomic mass is 16.6. The van der Waals surface area contributed by atoms with Gasteiger partial charge in [0.25, 0.3) is 0 Å². The number of hydrogen-bond donors (Lipinski definition) is 0. The van der Waals surface area contributed by atoms with E-state index in [0.717, 1.165) is 0 Å². The van der Waals surface area contributed by atoms with E-state index >= 15 is 0 Å². The molecule has 0 aromatic heterocycles. The highest BCUT2D eigenvalue weighted by Crippen LogP contribution is 2.18. The zero-order valence-corrected chi connectivity index (χ0v) is 10.4. The molecule has 0 amide bonds. The molecular formula is C14H15NO3. The van der Waals surface area contributed by atoms with Gasteiger partial charge in [0.15, 0.2) is 6.10 Å². The molecule has 0 fully saturated rings. The molecule has 18 heavy (non-hydrogen) atoms. The number of ether oxygens (including phenoxy) is 2. The van der Waals surface area contributed by atoms with E-state index in [1.54, 1.807) is 43.3 Å². The Hall–Kier alpha value is -2.28. The van der Waals surface area contributed by atoms with E-state index in [-0.39, 0.29) is 6.61 Å². The lowest BCUT2D eigenvalue weighted by Gasteiger charge is -2.14. The van der Waals surface area contributed by atoms with E-state index < -0.39 is 12.1 Å². The molecule has 94 valence electrons. The van der Waals surface area contributed by atoms with E-state index in [4.69, 9.17) is 14.7 Å². The first-order chi connectivity index (χ1) is 8.69. The minimum absolute atomic E-state index is 0.225. The topological polar surface area (TPSA) is 59.3 Å². The standard InChI is InChI=1S/C14H15NO3/c1-3-4-9-17-14(16)11(2)18-13-8-6-5-7-12(13)10-15/h3-8,11H,9H2,1-2H3/b4-3+. The van der Waals surface area contributed by atoms with Gasteiger partial charge in [0, 0.05) is 0 Å². The van der Waals surface area contributed by atoms with Crippen molar-refractivity contribution in [1.29, 1.82) is 5.26 Å². The van der Waals surface area contributed by atoms with E-state index in [1.165, 1.54) is 0 Å². The number of nitriles is 1. The number of nitrogens with zero attached hydrogens (tertiary/aromatic N) is 1. The zero-order chi connectivity index (χ0) is 13.4. The van der Waals surface area contributed by atoms with Gasteiger partial charge in [-0.25, -0.2) is 4.79 Å². The first-order valence-electron chi connectivity index (χ1n) is 5.62. The van der Waals surface area contributed by atoms with Crippen LogP contribution in [-0.2, 0) is 9.53 Å². The second-order valence-electron chi connectivity index (χ2n) is 3.57. The van der Waals surface area contributed by atoms with Gasteiger partial charge in [-0.05, 0) is 26.0 Å². The predicted octanol–water partition coefficient (Wildman–Crippen LogP) is 2.44. The van der Waals surface area contributed by atoms with Crippen molar-refractivity contribution in [2.24, 2.45) is 0 Å². The van der Waals surface area contributed by atoms with Crippen LogP contribution in [0.5, 0.6) is 5.75 Å². The monoisotopic (exact) mass is 245 g/mol. The molecule has 0 aliphatic carbocycles. The van der Waals surface area contributed by atoms with Crippen LogP contribution in [0.3, 0.4) is 0 Å². The lowest BCUT2D eigenvalue weighted by Crippen LogP contribution is -2.26. The Morgan fingerprint density at radius 2 is 2.22 bits per heavy atom. The fraction of sp³-hybridized carbons (Fsp3) is 0.286. The normalized spacial score (nSPS) is 11.8. The van der Waals surface area contributed by atoms with E-state index in [0.29, 0.717) is 11.3 Å². The fourth-order valence-corrected chi connectivity index (χ4v) is 1.24. The number of carbonyl (C=O) groups is 1. The van der Waals surface area contributed by atoms with Crippen LogP contribution in [0.2, 0.25) is 0 Å². The van der Waals surface area contributed by atoms with Crippen molar-refractivity contribution in [3.05, 3.63) is 42.0 Å². The van der Waals surface area contributed by atoms with Crippen molar-refractivity contribution in [1.82, 2.24) is 0 Å². The molecule has 0 N–H and O–H groups in total. The Morgan fingerprint density at radius 1 is 1.50 bits per heavy atom. The molecule has 0 aliphatic rings. The average molecular weight is 245 g/mol. The van der Waals surface area contributed by atoms with Crippen molar-refractivity contribution in [2.45, 2.75) is 20.0 Å². The molecule has 1 aromatic carbocycles. The molecule has 4 heteroatoms. The molecule has 1 rings (SSSR count). The highest BCUT2D eigenvalue weighted by Gasteiger charge is 2.17. The number of rotatable bonds is 5. The summed E-state index contributed by atoms with van der Waals surface area (Å²) in [6.07, 6.45) is 2.78. The van der Waals surface area contributed by atoms with Crippen LogP contribution in [0.25, 0.3) is 0 Å². The fourth-order valence-electron chi connectivity index (χ4n) is 1.24. The summed E-state index contributed by atoms with van der Waals surface area (Å²) in [5.74, 6) is -0.0728. The maximum atomic E-state index is 11.6. The summed E-state index contributed by atoms with van der Waals surface area (Å²) in [4.78, 5) is 11.6. The second kappa shape index (κ2) is 7.13. The van der Waals surface area contributed by atoms with Crippen molar-refractivity contribution in [3.8, 4) is 11.8 Å². The number of esters is 1. The van der Waals surface area contributed by atoms with Gasteiger partial charge in [0.2, 0.25) is 0 Å². The minimum Gasteiger partial charge on any atom is -0.478 e. The maximum absolute atomic E-state index is 11.6. The summed E-state index contributed by atoms with van der Waals surface area (Å²) in [5, 5.41) is 8.89. The third-order valence-electron chi connectivity index (χ3n) is 2.20. The van der Waals surface area contributed by atoms with Crippen LogP contribution >= 0.6 is 0 Å². The number of carbonyl (C=O) groups excluding carboxylic acids is 1. The molecule has 1 unspecified atom stereocenters. The molecule has 0 aliphatic heterocycles. The first-order valence-corrected chi connectivity index (χ1v) is 5.62. The van der Waals surface area contributed by atoms with Crippen LogP contribution in [0.15, 0.2) is 36.4 Å². The molecule has 1 aromatic rings. The summed E-state index contributed by atoms with van der Waals surface area (Å²) < 4.78 is 10.4. The van der Waals surface area contributed by atoms with Crippen molar-refractivity contribution < 1.29 is 14.3 Å². The van der Waals surface area contributed by atoms with Gasteiger partial charge >= 0.3 is 5.97 Å². The lowest BCUT2D eigenvalue weighted by atomic mass is 10.2. The van der Waals surface area contributed by atoms with E-state index in [9.17, 15) is 4.79 Å². The summed E-state index contributed by atoms with van der Waals surface area (Å²) in [7, 11) is 0. The summed E-state index contributed by atoms with van der Waals surface area (Å²) >= 11 is 0. The second-order valence-corrected chi connectivity index (χ2v) is 3.57. The Morgan fingerprint density at radius 3 is 2.89 bits per heavy atom.